The first-order chi connectivity index (χ1) is 14.8. The molecule has 160 valence electrons. The Morgan fingerprint density at radius 3 is 2.84 bits per heavy atom. The van der Waals surface area contributed by atoms with E-state index in [0.29, 0.717) is 30.2 Å². The van der Waals surface area contributed by atoms with Crippen LogP contribution in [0.2, 0.25) is 5.15 Å². The Bertz CT molecular complexity index is 1210. The van der Waals surface area contributed by atoms with E-state index in [2.05, 4.69) is 20.2 Å². The lowest BCUT2D eigenvalue weighted by atomic mass is 10.1. The van der Waals surface area contributed by atoms with Crippen molar-refractivity contribution in [3.63, 3.8) is 0 Å². The van der Waals surface area contributed by atoms with Gasteiger partial charge in [-0.05, 0) is 31.9 Å². The van der Waals surface area contributed by atoms with Crippen molar-refractivity contribution in [3.05, 3.63) is 57.3 Å². The Balaban J connectivity index is 1.69. The molecule has 2 atom stereocenters. The third-order valence-electron chi connectivity index (χ3n) is 5.05. The summed E-state index contributed by atoms with van der Waals surface area (Å²) in [4.78, 5) is 20.4. The lowest BCUT2D eigenvalue weighted by Crippen LogP contribution is -2.39. The topological polar surface area (TPSA) is 99.6 Å². The zero-order valence-corrected chi connectivity index (χ0v) is 18.5. The highest BCUT2D eigenvalue weighted by Crippen LogP contribution is 2.34. The number of carbonyl (C=O) groups excluding carboxylic acids is 1. The molecule has 0 saturated heterocycles. The highest BCUT2D eigenvalue weighted by Gasteiger charge is 2.24. The average molecular weight is 439 g/mol. The molecule has 0 fully saturated rings. The lowest BCUT2D eigenvalue weighted by Gasteiger charge is -2.19. The van der Waals surface area contributed by atoms with Crippen molar-refractivity contribution >= 4 is 28.8 Å². The number of hydrogen-bond donors (Lipinski definition) is 2. The Morgan fingerprint density at radius 2 is 2.23 bits per heavy atom. The Morgan fingerprint density at radius 1 is 1.48 bits per heavy atom. The first kappa shape index (κ1) is 22.2. The maximum atomic E-state index is 12.7. The Kier molecular flexibility index (Phi) is 6.53. The Labute approximate surface area is 185 Å². The number of H-pyrrole nitrogens is 1. The van der Waals surface area contributed by atoms with Gasteiger partial charge in [-0.15, -0.1) is 0 Å². The number of amides is 1. The second kappa shape index (κ2) is 9.11. The van der Waals surface area contributed by atoms with Gasteiger partial charge in [-0.3, -0.25) is 9.89 Å². The maximum Gasteiger partial charge on any atom is 0.261 e. The number of carbonyl (C=O) groups is 1. The third-order valence-corrected chi connectivity index (χ3v) is 5.40. The van der Waals surface area contributed by atoms with Crippen molar-refractivity contribution in [2.75, 3.05) is 6.54 Å². The summed E-state index contributed by atoms with van der Waals surface area (Å²) in [5.74, 6) is 0.852. The molecule has 0 aliphatic rings. The molecule has 3 aromatic rings. The predicted molar refractivity (Wildman–Crippen MR) is 118 cm³/mol. The van der Waals surface area contributed by atoms with Gasteiger partial charge >= 0.3 is 0 Å². The molecule has 0 aliphatic heterocycles. The maximum absolute atomic E-state index is 12.7. The van der Waals surface area contributed by atoms with E-state index in [1.165, 1.54) is 4.52 Å². The summed E-state index contributed by atoms with van der Waals surface area (Å²) in [7, 11) is 0. The first-order valence-electron chi connectivity index (χ1n) is 9.89. The number of nitrogens with one attached hydrogen (secondary N) is 2. The minimum absolute atomic E-state index is 0.0739. The van der Waals surface area contributed by atoms with Crippen molar-refractivity contribution in [2.45, 2.75) is 46.1 Å². The molecule has 2 aromatic heterocycles. The molecule has 2 N–H and O–H groups in total. The van der Waals surface area contributed by atoms with Crippen LogP contribution < -0.4 is 10.1 Å². The number of benzene rings is 1. The minimum Gasteiger partial charge on any atom is -0.480 e. The van der Waals surface area contributed by atoms with E-state index in [1.807, 2.05) is 52.0 Å². The summed E-state index contributed by atoms with van der Waals surface area (Å²) in [6.45, 7) is 15.3. The average Bonchev–Trinajstić information content (AvgIpc) is 3.29. The van der Waals surface area contributed by atoms with Gasteiger partial charge in [-0.1, -0.05) is 43.1 Å². The number of ether oxygens (including phenoxy) is 1. The van der Waals surface area contributed by atoms with Crippen LogP contribution in [0, 0.1) is 31.8 Å². The monoisotopic (exact) mass is 438 g/mol. The number of aryl methyl sites for hydroxylation is 2. The lowest BCUT2D eigenvalue weighted by molar-refractivity contribution is -0.128. The van der Waals surface area contributed by atoms with Crippen LogP contribution in [0.3, 0.4) is 0 Å². The molecule has 0 aliphatic carbocycles. The normalized spacial score (nSPS) is 12.7. The van der Waals surface area contributed by atoms with Gasteiger partial charge in [0.25, 0.3) is 5.91 Å². The fourth-order valence-corrected chi connectivity index (χ4v) is 3.54. The van der Waals surface area contributed by atoms with Crippen molar-refractivity contribution in [3.8, 4) is 11.8 Å². The van der Waals surface area contributed by atoms with Crippen LogP contribution in [0.15, 0.2) is 18.2 Å². The second-order valence-corrected chi connectivity index (χ2v) is 7.79. The zero-order valence-electron chi connectivity index (χ0n) is 17.8. The summed E-state index contributed by atoms with van der Waals surface area (Å²) in [5, 5.41) is 15.4. The predicted octanol–water partition coefficient (Wildman–Crippen LogP) is 4.43. The number of aromatic amines is 1. The molecule has 1 amide bonds. The molecule has 0 saturated carbocycles. The van der Waals surface area contributed by atoms with Gasteiger partial charge in [0, 0.05) is 12.5 Å². The van der Waals surface area contributed by atoms with Crippen molar-refractivity contribution in [1.29, 1.82) is 5.26 Å². The van der Waals surface area contributed by atoms with Crippen LogP contribution in [-0.4, -0.2) is 33.2 Å². The molecule has 1 aromatic carbocycles. The van der Waals surface area contributed by atoms with E-state index in [0.717, 1.165) is 11.1 Å². The van der Waals surface area contributed by atoms with Gasteiger partial charge in [0.15, 0.2) is 11.8 Å². The van der Waals surface area contributed by atoms with Crippen LogP contribution in [0.1, 0.15) is 48.7 Å². The molecule has 9 heteroatoms. The van der Waals surface area contributed by atoms with E-state index in [-0.39, 0.29) is 28.2 Å². The molecule has 2 unspecified atom stereocenters. The summed E-state index contributed by atoms with van der Waals surface area (Å²) < 4.78 is 7.35. The minimum atomic E-state index is -0.610. The first-order valence-corrected chi connectivity index (χ1v) is 10.3. The van der Waals surface area contributed by atoms with Gasteiger partial charge < -0.3 is 10.1 Å². The fourth-order valence-electron chi connectivity index (χ4n) is 3.28. The molecule has 2 heterocycles. The smallest absolute Gasteiger partial charge is 0.261 e. The van der Waals surface area contributed by atoms with Crippen molar-refractivity contribution in [1.82, 2.24) is 19.9 Å². The summed E-state index contributed by atoms with van der Waals surface area (Å²) in [5.41, 5.74) is 2.62. The largest absolute Gasteiger partial charge is 0.480 e. The number of nitrogens with zero attached hydrogens (tertiary/aromatic N) is 4. The number of fused-ring (bicyclic) bond motifs is 1. The molecular formula is C22H23ClN6O2. The van der Waals surface area contributed by atoms with Crippen LogP contribution in [-0.2, 0) is 4.79 Å². The highest BCUT2D eigenvalue weighted by molar-refractivity contribution is 6.33. The quantitative estimate of drug-likeness (QED) is 0.533. The van der Waals surface area contributed by atoms with E-state index in [1.54, 1.807) is 0 Å². The number of nitriles is 1. The molecular weight excluding hydrogens is 416 g/mol. The van der Waals surface area contributed by atoms with E-state index in [4.69, 9.17) is 22.9 Å². The molecule has 3 rings (SSSR count). The zero-order chi connectivity index (χ0) is 22.7. The van der Waals surface area contributed by atoms with Crippen LogP contribution in [0.25, 0.3) is 10.5 Å². The molecule has 8 nitrogen and oxygen atoms in total. The standard InChI is InChI=1S/C22H23ClN6O2/c1-6-16(31-17-8-7-12(2)9-13(17)3)22(30)26-11-14(4)20-27-21-15(10-24)18(25-5)19(23)29(21)28-20/h7-9,14,16H,6,11H2,1-4H3,(H,26,30)(H,27,28). The third kappa shape index (κ3) is 4.35. The summed E-state index contributed by atoms with van der Waals surface area (Å²) in [6.07, 6.45) is -0.0830. The summed E-state index contributed by atoms with van der Waals surface area (Å²) in [6, 6.07) is 7.82. The van der Waals surface area contributed by atoms with E-state index in [9.17, 15) is 10.1 Å². The van der Waals surface area contributed by atoms with Gasteiger partial charge in [0.2, 0.25) is 5.69 Å². The molecule has 0 bridgehead atoms. The second-order valence-electron chi connectivity index (χ2n) is 7.44. The highest BCUT2D eigenvalue weighted by atomic mass is 35.5. The number of aromatic nitrogens is 3. The van der Waals surface area contributed by atoms with E-state index >= 15 is 0 Å². The summed E-state index contributed by atoms with van der Waals surface area (Å²) >= 11 is 6.19. The SMILES string of the molecule is [C-]#[N+]c1c(C#N)c2nc(C(C)CNC(=O)C(CC)Oc3ccc(C)cc3C)[nH]n2c1Cl. The van der Waals surface area contributed by atoms with E-state index < -0.39 is 6.10 Å². The van der Waals surface area contributed by atoms with Crippen LogP contribution in [0.5, 0.6) is 5.75 Å². The fraction of sp³-hybridized carbons (Fsp3) is 0.364. The van der Waals surface area contributed by atoms with Crippen molar-refractivity contribution in [2.24, 2.45) is 0 Å². The molecule has 0 radical (unpaired) electrons. The van der Waals surface area contributed by atoms with Gasteiger partial charge in [-0.2, -0.15) is 5.26 Å². The van der Waals surface area contributed by atoms with Gasteiger partial charge in [0.1, 0.15) is 22.3 Å². The molecule has 31 heavy (non-hydrogen) atoms. The van der Waals surface area contributed by atoms with Gasteiger partial charge in [0.05, 0.1) is 12.6 Å². The van der Waals surface area contributed by atoms with Crippen LogP contribution >= 0.6 is 11.6 Å². The number of halogens is 1. The number of rotatable bonds is 7. The Hall–Kier alpha value is -3.49. The van der Waals surface area contributed by atoms with Crippen molar-refractivity contribution < 1.29 is 9.53 Å². The number of hydrogen-bond acceptors (Lipinski definition) is 4. The van der Waals surface area contributed by atoms with Crippen LogP contribution in [0.4, 0.5) is 5.69 Å². The molecule has 0 spiro atoms. The van der Waals surface area contributed by atoms with Gasteiger partial charge in [-0.25, -0.2) is 14.3 Å².